The second-order valence-corrected chi connectivity index (χ2v) is 11.0. The zero-order valence-corrected chi connectivity index (χ0v) is 25.4. The van der Waals surface area contributed by atoms with Crippen molar-refractivity contribution in [3.8, 4) is 5.75 Å². The van der Waals surface area contributed by atoms with Crippen LogP contribution in [0.2, 0.25) is 5.02 Å². The number of carbonyl (C=O) groups excluding carboxylic acids is 1. The van der Waals surface area contributed by atoms with E-state index in [-0.39, 0.29) is 22.7 Å². The van der Waals surface area contributed by atoms with Crippen molar-refractivity contribution in [2.45, 2.75) is 0 Å². The van der Waals surface area contributed by atoms with Crippen LogP contribution in [0.25, 0.3) is 0 Å². The van der Waals surface area contributed by atoms with Crippen molar-refractivity contribution < 1.29 is 18.5 Å². The molecule has 3 aromatic rings. The minimum absolute atomic E-state index is 0.148. The van der Waals surface area contributed by atoms with Crippen LogP contribution < -0.4 is 29.9 Å². The van der Waals surface area contributed by atoms with E-state index in [9.17, 15) is 13.7 Å². The topological polar surface area (TPSA) is 121 Å². The molecule has 0 radical (unpaired) electrons. The lowest BCUT2D eigenvalue weighted by Crippen LogP contribution is -2.29. The molecule has 220 valence electrons. The highest BCUT2D eigenvalue weighted by Gasteiger charge is 2.19. The number of halogens is 2. The molecule has 1 atom stereocenters. The Morgan fingerprint density at radius 1 is 1.12 bits per heavy atom. The third kappa shape index (κ3) is 8.36. The van der Waals surface area contributed by atoms with E-state index in [4.69, 9.17) is 16.3 Å². The number of amides is 1. The molecular weight excluding hydrogens is 571 g/mol. The third-order valence-corrected chi connectivity index (χ3v) is 7.23. The lowest BCUT2D eigenvalue weighted by atomic mass is 10.2. The second kappa shape index (κ2) is 14.2. The molecule has 0 aliphatic carbocycles. The number of likely N-dealkylation sites (N-methyl/N-ethyl adjacent to an activating group) is 2. The van der Waals surface area contributed by atoms with Crippen molar-refractivity contribution >= 4 is 69.1 Å². The van der Waals surface area contributed by atoms with Crippen LogP contribution in [0.3, 0.4) is 0 Å². The van der Waals surface area contributed by atoms with Gasteiger partial charge in [0, 0.05) is 26.2 Å². The van der Waals surface area contributed by atoms with Crippen LogP contribution in [-0.2, 0) is 16.2 Å². The van der Waals surface area contributed by atoms with E-state index in [0.717, 1.165) is 12.2 Å². The number of hydrogen-bond donors (Lipinski definition) is 3. The number of nitrogens with one attached hydrogen (secondary N) is 3. The van der Waals surface area contributed by atoms with Gasteiger partial charge in [-0.2, -0.15) is 9.29 Å². The smallest absolute Gasteiger partial charge is 0.247 e. The highest BCUT2D eigenvalue weighted by Crippen LogP contribution is 2.38. The average Bonchev–Trinajstić information content (AvgIpc) is 2.93. The Balaban J connectivity index is 1.99. The molecule has 3 rings (SSSR count). The largest absolute Gasteiger partial charge is 0.593 e. The summed E-state index contributed by atoms with van der Waals surface area (Å²) in [6, 6.07) is 7.55. The summed E-state index contributed by atoms with van der Waals surface area (Å²) in [6.45, 7) is 5.03. The van der Waals surface area contributed by atoms with Crippen LogP contribution in [0.15, 0.2) is 49.2 Å². The number of aromatic nitrogens is 2. The van der Waals surface area contributed by atoms with Crippen LogP contribution in [-0.4, -0.2) is 80.0 Å². The highest BCUT2D eigenvalue weighted by molar-refractivity contribution is 7.92. The van der Waals surface area contributed by atoms with Gasteiger partial charge in [0.25, 0.3) is 0 Å². The monoisotopic (exact) mass is 604 g/mol. The first-order valence-electron chi connectivity index (χ1n) is 12.4. The number of benzene rings is 2. The van der Waals surface area contributed by atoms with Gasteiger partial charge in [-0.3, -0.25) is 4.79 Å². The van der Waals surface area contributed by atoms with Crippen LogP contribution in [0, 0.1) is 5.82 Å². The first-order valence-corrected chi connectivity index (χ1v) is 14.3. The number of carbonyl (C=O) groups is 1. The van der Waals surface area contributed by atoms with Gasteiger partial charge >= 0.3 is 0 Å². The Hall–Kier alpha value is -3.78. The fourth-order valence-corrected chi connectivity index (χ4v) is 4.26. The van der Waals surface area contributed by atoms with Gasteiger partial charge < -0.3 is 35.0 Å². The van der Waals surface area contributed by atoms with Crippen molar-refractivity contribution in [2.75, 3.05) is 79.8 Å². The normalized spacial score (nSPS) is 11.6. The number of rotatable bonds is 13. The first kappa shape index (κ1) is 31.7. The molecule has 11 nitrogen and oxygen atoms in total. The Bertz CT molecular complexity index is 1390. The van der Waals surface area contributed by atoms with Gasteiger partial charge in [-0.1, -0.05) is 18.2 Å². The molecule has 1 unspecified atom stereocenters. The van der Waals surface area contributed by atoms with Crippen LogP contribution >= 0.6 is 11.6 Å². The number of ether oxygens (including phenoxy) is 1. The van der Waals surface area contributed by atoms with E-state index in [2.05, 4.69) is 37.4 Å². The summed E-state index contributed by atoms with van der Waals surface area (Å²) in [5, 5.41) is 9.14. The Labute approximate surface area is 247 Å². The van der Waals surface area contributed by atoms with Gasteiger partial charge in [0.15, 0.2) is 5.82 Å². The second-order valence-electron chi connectivity index (χ2n) is 9.21. The molecule has 1 amide bonds. The van der Waals surface area contributed by atoms with Gasteiger partial charge in [-0.05, 0) is 44.4 Å². The summed E-state index contributed by atoms with van der Waals surface area (Å²) >= 11 is 5.02. The first-order chi connectivity index (χ1) is 19.4. The summed E-state index contributed by atoms with van der Waals surface area (Å²) in [6.07, 6.45) is 4.08. The van der Waals surface area contributed by atoms with E-state index >= 15 is 0 Å². The third-order valence-electron chi connectivity index (χ3n) is 5.98. The molecule has 0 aliphatic heterocycles. The Kier molecular flexibility index (Phi) is 11.0. The molecule has 0 aliphatic rings. The van der Waals surface area contributed by atoms with E-state index in [0.29, 0.717) is 35.0 Å². The lowest BCUT2D eigenvalue weighted by Gasteiger charge is -2.26. The molecule has 0 fully saturated rings. The van der Waals surface area contributed by atoms with E-state index in [1.165, 1.54) is 48.1 Å². The minimum atomic E-state index is -1.36. The fraction of sp³-hybridized carbons (Fsp3) is 0.296. The van der Waals surface area contributed by atoms with Gasteiger partial charge in [0.1, 0.15) is 28.5 Å². The molecule has 0 bridgehead atoms. The SMILES string of the molecule is C=CC(=O)Nc1cc(Nc2ncc(Cl)c(Nc3cc(F)ccc3N(C)[S+](C)[O-])n2)c(OC)cc1N(C)CCN(C)C. The molecule has 0 spiro atoms. The molecule has 0 saturated carbocycles. The maximum Gasteiger partial charge on any atom is 0.247 e. The summed E-state index contributed by atoms with van der Waals surface area (Å²) in [5.74, 6) is -0.0624. The van der Waals surface area contributed by atoms with Crippen molar-refractivity contribution in [3.05, 3.63) is 60.0 Å². The quantitative estimate of drug-likeness (QED) is 0.188. The van der Waals surface area contributed by atoms with Crippen molar-refractivity contribution in [3.63, 3.8) is 0 Å². The highest BCUT2D eigenvalue weighted by atomic mass is 35.5. The zero-order valence-electron chi connectivity index (χ0n) is 23.8. The summed E-state index contributed by atoms with van der Waals surface area (Å²) in [5.41, 5.74) is 2.52. The van der Waals surface area contributed by atoms with E-state index in [1.807, 2.05) is 26.0 Å². The van der Waals surface area contributed by atoms with E-state index < -0.39 is 17.2 Å². The molecule has 3 N–H and O–H groups in total. The molecule has 1 heterocycles. The van der Waals surface area contributed by atoms with Crippen molar-refractivity contribution in [1.82, 2.24) is 14.9 Å². The van der Waals surface area contributed by atoms with Gasteiger partial charge in [0.2, 0.25) is 11.9 Å². The lowest BCUT2D eigenvalue weighted by molar-refractivity contribution is -0.111. The van der Waals surface area contributed by atoms with Crippen LogP contribution in [0.1, 0.15) is 0 Å². The number of nitrogens with zero attached hydrogens (tertiary/aromatic N) is 5. The van der Waals surface area contributed by atoms with Crippen LogP contribution in [0.4, 0.5) is 44.6 Å². The van der Waals surface area contributed by atoms with Gasteiger partial charge in [-0.25, -0.2) is 9.37 Å². The van der Waals surface area contributed by atoms with Crippen LogP contribution in [0.5, 0.6) is 5.75 Å². The summed E-state index contributed by atoms with van der Waals surface area (Å²) < 4.78 is 33.3. The molecule has 2 aromatic carbocycles. The molecular formula is C27H34ClFN8O3S. The predicted octanol–water partition coefficient (Wildman–Crippen LogP) is 4.62. The minimum Gasteiger partial charge on any atom is -0.593 e. The maximum absolute atomic E-state index is 14.1. The molecule has 41 heavy (non-hydrogen) atoms. The average molecular weight is 605 g/mol. The van der Waals surface area contributed by atoms with Gasteiger partial charge in [-0.15, -0.1) is 0 Å². The predicted molar refractivity (Wildman–Crippen MR) is 166 cm³/mol. The molecule has 0 saturated heterocycles. The Morgan fingerprint density at radius 3 is 2.49 bits per heavy atom. The van der Waals surface area contributed by atoms with Crippen molar-refractivity contribution in [2.24, 2.45) is 0 Å². The van der Waals surface area contributed by atoms with E-state index in [1.54, 1.807) is 19.2 Å². The summed E-state index contributed by atoms with van der Waals surface area (Å²) in [7, 11) is 9.03. The number of hydrogen-bond acceptors (Lipinski definition) is 10. The molecule has 14 heteroatoms. The Morgan fingerprint density at radius 2 is 1.85 bits per heavy atom. The fourth-order valence-electron chi connectivity index (χ4n) is 3.69. The number of anilines is 7. The zero-order chi connectivity index (χ0) is 30.3. The standard InChI is InChI=1S/C27H34ClFN8O3S/c1-8-25(38)31-20-14-21(24(40-6)15-23(20)36(4)12-11-35(2)3)33-27-30-16-18(28)26(34-27)32-19-13-17(29)9-10-22(19)37(5)41(7)39/h8-10,13-16H,1,11-12H2,2-7H3,(H,31,38)(H2,30,32,33,34). The van der Waals surface area contributed by atoms with Crippen molar-refractivity contribution in [1.29, 1.82) is 0 Å². The number of methoxy groups -OCH3 is 1. The van der Waals surface area contributed by atoms with Gasteiger partial charge in [0.05, 0.1) is 54.5 Å². The summed E-state index contributed by atoms with van der Waals surface area (Å²) in [4.78, 5) is 25.0. The molecule has 1 aromatic heterocycles. The maximum atomic E-state index is 14.1.